The second kappa shape index (κ2) is 14.7. The van der Waals surface area contributed by atoms with E-state index in [2.05, 4.69) is 5.32 Å². The molecule has 3 aromatic carbocycles. The van der Waals surface area contributed by atoms with Crippen molar-refractivity contribution in [3.8, 4) is 0 Å². The Labute approximate surface area is 308 Å². The van der Waals surface area contributed by atoms with Crippen LogP contribution in [0.5, 0.6) is 0 Å². The van der Waals surface area contributed by atoms with Gasteiger partial charge in [-0.1, -0.05) is 109 Å². The number of nitrogens with zero attached hydrogens (tertiary/aromatic N) is 2. The second-order valence-corrected chi connectivity index (χ2v) is 14.4. The fourth-order valence-electron chi connectivity index (χ4n) is 8.34. The SMILES string of the molecule is Cc1cccc(Cl)c1N1CC=C[C@]23O[C@@H]4/C=C\CCC(=O)N[C@H](C)[C@@H](c5ccccc5)OC(=O)[C@@H]4[C@H]2C(=O)N([C@@H](CO)Cc2ccccc2)[C@@H]3C1=O. The third-order valence-corrected chi connectivity index (χ3v) is 11.0. The molecule has 270 valence electrons. The number of likely N-dealkylation sites (tertiary alicyclic amines) is 1. The fraction of sp³-hybridized carbons (Fsp3) is 0.366. The van der Waals surface area contributed by atoms with Crippen LogP contribution in [0.4, 0.5) is 5.69 Å². The number of halogens is 1. The third kappa shape index (κ3) is 6.33. The molecule has 4 aliphatic rings. The van der Waals surface area contributed by atoms with Crippen molar-refractivity contribution in [2.24, 2.45) is 11.8 Å². The quantitative estimate of drug-likeness (QED) is 0.275. The molecule has 2 saturated heterocycles. The Balaban J connectivity index is 1.36. The van der Waals surface area contributed by atoms with Crippen LogP contribution in [-0.2, 0) is 35.1 Å². The minimum absolute atomic E-state index is 0.138. The molecule has 0 bridgehead atoms. The Kier molecular flexibility index (Phi) is 10.1. The van der Waals surface area contributed by atoms with Crippen LogP contribution in [-0.4, -0.2) is 76.7 Å². The lowest BCUT2D eigenvalue weighted by Crippen LogP contribution is -2.58. The number of carbonyl (C=O) groups excluding carboxylic acids is 4. The number of carbonyl (C=O) groups is 4. The van der Waals surface area contributed by atoms with Crippen LogP contribution in [0.15, 0.2) is 103 Å². The zero-order valence-corrected chi connectivity index (χ0v) is 29.8. The second-order valence-electron chi connectivity index (χ2n) is 14.0. The molecule has 2 N–H and O–H groups in total. The Bertz CT molecular complexity index is 1880. The maximum Gasteiger partial charge on any atom is 0.313 e. The van der Waals surface area contributed by atoms with Crippen LogP contribution in [0, 0.1) is 18.8 Å². The van der Waals surface area contributed by atoms with Crippen molar-refractivity contribution in [3.05, 3.63) is 125 Å². The van der Waals surface area contributed by atoms with Gasteiger partial charge in [0.15, 0.2) is 0 Å². The zero-order valence-electron chi connectivity index (χ0n) is 29.1. The van der Waals surface area contributed by atoms with E-state index in [4.69, 9.17) is 21.1 Å². The van der Waals surface area contributed by atoms with Gasteiger partial charge in [-0.15, -0.1) is 0 Å². The van der Waals surface area contributed by atoms with E-state index in [1.807, 2.05) is 73.7 Å². The summed E-state index contributed by atoms with van der Waals surface area (Å²) in [4.78, 5) is 60.8. The topological polar surface area (TPSA) is 125 Å². The van der Waals surface area contributed by atoms with Crippen molar-refractivity contribution >= 4 is 41.0 Å². The molecule has 7 rings (SSSR count). The van der Waals surface area contributed by atoms with Gasteiger partial charge in [0.1, 0.15) is 23.7 Å². The molecule has 3 amide bonds. The standard InChI is InChI=1S/C41H42ClN3O7/c1-25-13-11-18-30(42)35(25)44-22-12-21-41-34(38(48)45(37(41)39(44)49)29(24-46)23-27-14-5-3-6-15-27)33-31(52-41)19-9-10-20-32(47)43-26(2)36(51-40(33)50)28-16-7-4-8-17-28/h3-9,11-19,21,26,29,31,33-34,36-37,46H,10,20,22-24H2,1-2H3,(H,43,47)/b19-9-/t26-,29-,31-,33+,34+,36+,37-,41+/m1/s1. The van der Waals surface area contributed by atoms with Crippen LogP contribution in [0.1, 0.15) is 42.6 Å². The lowest BCUT2D eigenvalue weighted by atomic mass is 9.77. The van der Waals surface area contributed by atoms with E-state index in [-0.39, 0.29) is 25.3 Å². The first-order chi connectivity index (χ1) is 25.1. The maximum absolute atomic E-state index is 15.1. The number of anilines is 1. The van der Waals surface area contributed by atoms with Crippen molar-refractivity contribution in [1.29, 1.82) is 0 Å². The average molecular weight is 724 g/mol. The summed E-state index contributed by atoms with van der Waals surface area (Å²) >= 11 is 6.73. The summed E-state index contributed by atoms with van der Waals surface area (Å²) in [5.41, 5.74) is 1.23. The molecule has 11 heteroatoms. The number of esters is 1. The first-order valence-electron chi connectivity index (χ1n) is 17.7. The van der Waals surface area contributed by atoms with Crippen LogP contribution < -0.4 is 10.2 Å². The smallest absolute Gasteiger partial charge is 0.313 e. The number of hydrogen-bond donors (Lipinski definition) is 2. The maximum atomic E-state index is 15.1. The number of amides is 3. The first kappa shape index (κ1) is 35.6. The minimum Gasteiger partial charge on any atom is -0.455 e. The highest BCUT2D eigenvalue weighted by atomic mass is 35.5. The molecule has 3 aromatic rings. The zero-order chi connectivity index (χ0) is 36.6. The summed E-state index contributed by atoms with van der Waals surface area (Å²) in [6.07, 6.45) is 6.02. The molecular formula is C41H42ClN3O7. The van der Waals surface area contributed by atoms with Gasteiger partial charge in [-0.05, 0) is 49.4 Å². The number of para-hydroxylation sites is 1. The van der Waals surface area contributed by atoms with Gasteiger partial charge >= 0.3 is 5.97 Å². The summed E-state index contributed by atoms with van der Waals surface area (Å²) < 4.78 is 13.2. The van der Waals surface area contributed by atoms with E-state index in [0.717, 1.165) is 11.1 Å². The highest BCUT2D eigenvalue weighted by molar-refractivity contribution is 6.34. The Hall–Kier alpha value is -4.77. The van der Waals surface area contributed by atoms with Gasteiger partial charge < -0.3 is 29.7 Å². The van der Waals surface area contributed by atoms with Gasteiger partial charge in [-0.2, -0.15) is 0 Å². The molecule has 0 radical (unpaired) electrons. The molecule has 0 aliphatic carbocycles. The van der Waals surface area contributed by atoms with Crippen molar-refractivity contribution in [3.63, 3.8) is 0 Å². The minimum atomic E-state index is -1.59. The predicted molar refractivity (Wildman–Crippen MR) is 195 cm³/mol. The highest BCUT2D eigenvalue weighted by Crippen LogP contribution is 2.54. The number of cyclic esters (lactones) is 1. The molecule has 10 nitrogen and oxygen atoms in total. The lowest BCUT2D eigenvalue weighted by Gasteiger charge is -2.39. The summed E-state index contributed by atoms with van der Waals surface area (Å²) in [5, 5.41) is 14.3. The van der Waals surface area contributed by atoms with E-state index < -0.39 is 72.2 Å². The molecule has 0 aromatic heterocycles. The average Bonchev–Trinajstić information content (AvgIpc) is 3.53. The predicted octanol–water partition coefficient (Wildman–Crippen LogP) is 4.87. The fourth-order valence-corrected chi connectivity index (χ4v) is 8.66. The van der Waals surface area contributed by atoms with Crippen LogP contribution in [0.3, 0.4) is 0 Å². The van der Waals surface area contributed by atoms with Crippen molar-refractivity contribution in [2.45, 2.75) is 69.0 Å². The normalized spacial score (nSPS) is 30.2. The third-order valence-electron chi connectivity index (χ3n) is 10.7. The van der Waals surface area contributed by atoms with Gasteiger partial charge in [-0.3, -0.25) is 19.2 Å². The summed E-state index contributed by atoms with van der Waals surface area (Å²) in [6.45, 7) is 3.34. The van der Waals surface area contributed by atoms with Gasteiger partial charge in [0.05, 0.1) is 41.4 Å². The number of rotatable bonds is 6. The van der Waals surface area contributed by atoms with Gasteiger partial charge in [0, 0.05) is 13.0 Å². The molecule has 4 aliphatic heterocycles. The number of ether oxygens (including phenoxy) is 2. The number of aliphatic hydroxyl groups excluding tert-OH is 1. The largest absolute Gasteiger partial charge is 0.455 e. The highest BCUT2D eigenvalue weighted by Gasteiger charge is 2.72. The number of nitrogens with one attached hydrogen (secondary N) is 1. The van der Waals surface area contributed by atoms with Crippen molar-refractivity contribution in [2.75, 3.05) is 18.1 Å². The van der Waals surface area contributed by atoms with Crippen LogP contribution >= 0.6 is 11.6 Å². The van der Waals surface area contributed by atoms with Gasteiger partial charge in [0.25, 0.3) is 5.91 Å². The number of hydrogen-bond acceptors (Lipinski definition) is 7. The number of aryl methyl sites for hydroxylation is 1. The molecular weight excluding hydrogens is 682 g/mol. The van der Waals surface area contributed by atoms with Crippen molar-refractivity contribution in [1.82, 2.24) is 10.2 Å². The van der Waals surface area contributed by atoms with E-state index in [1.165, 1.54) is 4.90 Å². The Morgan fingerprint density at radius 2 is 1.69 bits per heavy atom. The Morgan fingerprint density at radius 1 is 0.962 bits per heavy atom. The van der Waals surface area contributed by atoms with Crippen LogP contribution in [0.25, 0.3) is 0 Å². The molecule has 0 saturated carbocycles. The Morgan fingerprint density at radius 3 is 2.40 bits per heavy atom. The molecule has 52 heavy (non-hydrogen) atoms. The molecule has 8 atom stereocenters. The first-order valence-corrected chi connectivity index (χ1v) is 18.1. The monoisotopic (exact) mass is 723 g/mol. The summed E-state index contributed by atoms with van der Waals surface area (Å²) in [6, 6.07) is 21.3. The van der Waals surface area contributed by atoms with Gasteiger partial charge in [0.2, 0.25) is 11.8 Å². The summed E-state index contributed by atoms with van der Waals surface area (Å²) in [7, 11) is 0. The number of benzene rings is 3. The van der Waals surface area contributed by atoms with Crippen LogP contribution in [0.2, 0.25) is 5.02 Å². The molecule has 4 heterocycles. The van der Waals surface area contributed by atoms with Gasteiger partial charge in [-0.25, -0.2) is 0 Å². The molecule has 1 spiro atoms. The number of fused-ring (bicyclic) bond motifs is 2. The van der Waals surface area contributed by atoms with E-state index in [9.17, 15) is 14.7 Å². The van der Waals surface area contributed by atoms with Crippen molar-refractivity contribution < 1.29 is 33.8 Å². The van der Waals surface area contributed by atoms with E-state index in [1.54, 1.807) is 48.3 Å². The summed E-state index contributed by atoms with van der Waals surface area (Å²) in [5.74, 6) is -4.12. The lowest BCUT2D eigenvalue weighted by molar-refractivity contribution is -0.161. The molecule has 0 unspecified atom stereocenters. The number of aliphatic hydroxyl groups is 1. The number of allylic oxidation sites excluding steroid dienone is 1. The van der Waals surface area contributed by atoms with E-state index >= 15 is 9.59 Å². The molecule has 2 fully saturated rings. The van der Waals surface area contributed by atoms with E-state index in [0.29, 0.717) is 22.7 Å².